The number of halogens is 3. The van der Waals surface area contributed by atoms with Crippen LogP contribution in [0, 0.1) is 5.92 Å². The number of anilines is 1. The van der Waals surface area contributed by atoms with Gasteiger partial charge in [-0.25, -0.2) is 4.79 Å². The number of nitrogens with one attached hydrogen (secondary N) is 1. The van der Waals surface area contributed by atoms with E-state index in [2.05, 4.69) is 15.2 Å². The lowest BCUT2D eigenvalue weighted by Gasteiger charge is -2.19. The Hall–Kier alpha value is -3.04. The lowest BCUT2D eigenvalue weighted by atomic mass is 10.1. The summed E-state index contributed by atoms with van der Waals surface area (Å²) in [7, 11) is 0. The highest BCUT2D eigenvalue weighted by molar-refractivity contribution is 5.95. The molecule has 1 saturated carbocycles. The zero-order chi connectivity index (χ0) is 20.7. The Kier molecular flexibility index (Phi) is 4.82. The van der Waals surface area contributed by atoms with Crippen molar-refractivity contribution in [3.63, 3.8) is 0 Å². The summed E-state index contributed by atoms with van der Waals surface area (Å²) in [5, 5.41) is 15.8. The molecule has 1 aliphatic rings. The molecule has 2 atom stereocenters. The number of rotatable bonds is 6. The lowest BCUT2D eigenvalue weighted by Crippen LogP contribution is -2.35. The van der Waals surface area contributed by atoms with Crippen LogP contribution in [0.15, 0.2) is 36.7 Å². The van der Waals surface area contributed by atoms with Gasteiger partial charge in [0.25, 0.3) is 0 Å². The Morgan fingerprint density at radius 1 is 1.29 bits per heavy atom. The Balaban J connectivity index is 1.68. The average molecular weight is 397 g/mol. The quantitative estimate of drug-likeness (QED) is 0.780. The number of carbonyl (C=O) groups is 2. The second-order valence-corrected chi connectivity index (χ2v) is 7.06. The van der Waals surface area contributed by atoms with Crippen LogP contribution in [0.3, 0.4) is 0 Å². The average Bonchev–Trinajstić information content (AvgIpc) is 3.24. The van der Waals surface area contributed by atoms with Gasteiger partial charge >= 0.3 is 12.3 Å². The molecule has 150 valence electrons. The first kappa shape index (κ1) is 19.7. The van der Waals surface area contributed by atoms with Crippen molar-refractivity contribution in [1.82, 2.24) is 9.78 Å². The van der Waals surface area contributed by atoms with E-state index in [1.54, 1.807) is 6.07 Å². The highest BCUT2D eigenvalue weighted by Crippen LogP contribution is 2.51. The summed E-state index contributed by atoms with van der Waals surface area (Å²) >= 11 is 0. The summed E-state index contributed by atoms with van der Waals surface area (Å²) in [6.45, 7) is 2.92. The molecule has 2 unspecified atom stereocenters. The number of carboxylic acid groups (broad SMARTS) is 1. The zero-order valence-electron chi connectivity index (χ0n) is 15.0. The van der Waals surface area contributed by atoms with Crippen LogP contribution >= 0.6 is 0 Å². The van der Waals surface area contributed by atoms with Gasteiger partial charge in [0.1, 0.15) is 5.75 Å². The minimum atomic E-state index is -4.81. The molecule has 0 bridgehead atoms. The maximum atomic E-state index is 12.6. The van der Waals surface area contributed by atoms with Crippen molar-refractivity contribution in [3.8, 4) is 5.75 Å². The molecule has 1 heterocycles. The Bertz CT molecular complexity index is 907. The number of alkyl halides is 3. The third-order valence-electron chi connectivity index (χ3n) is 4.62. The van der Waals surface area contributed by atoms with Crippen LogP contribution in [-0.2, 0) is 15.1 Å². The van der Waals surface area contributed by atoms with Crippen LogP contribution in [0.4, 0.5) is 18.9 Å². The summed E-state index contributed by atoms with van der Waals surface area (Å²) < 4.78 is 42.9. The zero-order valence-corrected chi connectivity index (χ0v) is 15.0. The van der Waals surface area contributed by atoms with Gasteiger partial charge in [0, 0.05) is 12.1 Å². The fourth-order valence-corrected chi connectivity index (χ4v) is 2.86. The number of carbonyl (C=O) groups excluding carboxylic acids is 1. The standard InChI is InChI=1S/C18H18F3N3O4/c1-17(2,16(26)27)24-9-10(8-22-24)23-15(25)13-7-12(13)11-5-3-4-6-14(11)28-18(19,20)21/h3-6,8-9,12-13H,7H2,1-2H3,(H,23,25)(H,26,27). The van der Waals surface area contributed by atoms with Crippen molar-refractivity contribution >= 4 is 17.6 Å². The van der Waals surface area contributed by atoms with Gasteiger partial charge in [0.05, 0.1) is 11.9 Å². The van der Waals surface area contributed by atoms with E-state index in [1.807, 2.05) is 0 Å². The molecule has 1 aromatic carbocycles. The number of carboxylic acids is 1. The normalized spacial score (nSPS) is 19.2. The number of para-hydroxylation sites is 1. The van der Waals surface area contributed by atoms with Crippen molar-refractivity contribution < 1.29 is 32.6 Å². The van der Waals surface area contributed by atoms with Crippen LogP contribution in [0.25, 0.3) is 0 Å². The van der Waals surface area contributed by atoms with Gasteiger partial charge in [-0.1, -0.05) is 18.2 Å². The molecule has 7 nitrogen and oxygen atoms in total. The van der Waals surface area contributed by atoms with Gasteiger partial charge in [0.2, 0.25) is 5.91 Å². The molecular formula is C18H18F3N3O4. The molecule has 3 rings (SSSR count). The summed E-state index contributed by atoms with van der Waals surface area (Å²) in [5.41, 5.74) is -0.661. The Labute approximate surface area is 158 Å². The Morgan fingerprint density at radius 2 is 1.96 bits per heavy atom. The van der Waals surface area contributed by atoms with E-state index in [1.165, 1.54) is 49.1 Å². The van der Waals surface area contributed by atoms with E-state index >= 15 is 0 Å². The van der Waals surface area contributed by atoms with E-state index in [0.29, 0.717) is 17.7 Å². The third kappa shape index (κ3) is 4.10. The molecule has 0 saturated heterocycles. The highest BCUT2D eigenvalue weighted by Gasteiger charge is 2.46. The second-order valence-electron chi connectivity index (χ2n) is 7.06. The van der Waals surface area contributed by atoms with Gasteiger partial charge in [0.15, 0.2) is 5.54 Å². The summed E-state index contributed by atoms with van der Waals surface area (Å²) in [4.78, 5) is 23.7. The van der Waals surface area contributed by atoms with E-state index in [4.69, 9.17) is 0 Å². The molecule has 1 amide bonds. The first-order valence-corrected chi connectivity index (χ1v) is 8.43. The van der Waals surface area contributed by atoms with Gasteiger partial charge in [-0.3, -0.25) is 9.48 Å². The predicted octanol–water partition coefficient (Wildman–Crippen LogP) is 3.34. The molecule has 1 aromatic heterocycles. The van der Waals surface area contributed by atoms with Crippen LogP contribution < -0.4 is 10.1 Å². The van der Waals surface area contributed by atoms with Crippen LogP contribution in [0.1, 0.15) is 31.7 Å². The van der Waals surface area contributed by atoms with Gasteiger partial charge in [-0.05, 0) is 37.8 Å². The molecule has 1 aliphatic carbocycles. The number of aromatic nitrogens is 2. The second kappa shape index (κ2) is 6.84. The van der Waals surface area contributed by atoms with Crippen LogP contribution in [0.2, 0.25) is 0 Å². The minimum absolute atomic E-state index is 0.310. The number of ether oxygens (including phenoxy) is 1. The number of nitrogens with zero attached hydrogens (tertiary/aromatic N) is 2. The Morgan fingerprint density at radius 3 is 2.61 bits per heavy atom. The van der Waals surface area contributed by atoms with Crippen LogP contribution in [-0.4, -0.2) is 33.1 Å². The summed E-state index contributed by atoms with van der Waals surface area (Å²) in [6.07, 6.45) is -1.71. The van der Waals surface area contributed by atoms with Crippen molar-refractivity contribution in [2.24, 2.45) is 5.92 Å². The van der Waals surface area contributed by atoms with Crippen LogP contribution in [0.5, 0.6) is 5.75 Å². The monoisotopic (exact) mass is 397 g/mol. The molecule has 0 spiro atoms. The molecule has 10 heteroatoms. The van der Waals surface area contributed by atoms with Crippen molar-refractivity contribution in [1.29, 1.82) is 0 Å². The maximum absolute atomic E-state index is 12.6. The molecule has 1 fully saturated rings. The molecule has 2 N–H and O–H groups in total. The highest BCUT2D eigenvalue weighted by atomic mass is 19.4. The van der Waals surface area contributed by atoms with E-state index in [-0.39, 0.29) is 17.6 Å². The van der Waals surface area contributed by atoms with Crippen molar-refractivity contribution in [2.45, 2.75) is 38.1 Å². The maximum Gasteiger partial charge on any atom is 0.573 e. The SMILES string of the molecule is CC(C)(C(=O)O)n1cc(NC(=O)C2CC2c2ccccc2OC(F)(F)F)cn1. The molecule has 28 heavy (non-hydrogen) atoms. The first-order chi connectivity index (χ1) is 13.0. The third-order valence-corrected chi connectivity index (χ3v) is 4.62. The lowest BCUT2D eigenvalue weighted by molar-refractivity contribution is -0.274. The number of hydrogen-bond acceptors (Lipinski definition) is 4. The van der Waals surface area contributed by atoms with Gasteiger partial charge in [-0.15, -0.1) is 13.2 Å². The molecule has 2 aromatic rings. The topological polar surface area (TPSA) is 93.5 Å². The largest absolute Gasteiger partial charge is 0.573 e. The van der Waals surface area contributed by atoms with Gasteiger partial charge < -0.3 is 15.2 Å². The molecule has 0 aliphatic heterocycles. The summed E-state index contributed by atoms with van der Waals surface area (Å²) in [6, 6.07) is 5.74. The van der Waals surface area contributed by atoms with Crippen molar-refractivity contribution in [2.75, 3.05) is 5.32 Å². The predicted molar refractivity (Wildman–Crippen MR) is 91.8 cm³/mol. The molecule has 0 radical (unpaired) electrons. The van der Waals surface area contributed by atoms with E-state index in [9.17, 15) is 27.9 Å². The number of aliphatic carboxylic acids is 1. The number of benzene rings is 1. The fourth-order valence-electron chi connectivity index (χ4n) is 2.86. The number of hydrogen-bond donors (Lipinski definition) is 2. The minimum Gasteiger partial charge on any atom is -0.479 e. The van der Waals surface area contributed by atoms with E-state index < -0.39 is 23.8 Å². The first-order valence-electron chi connectivity index (χ1n) is 8.43. The molecular weight excluding hydrogens is 379 g/mol. The smallest absolute Gasteiger partial charge is 0.479 e. The number of amides is 1. The van der Waals surface area contributed by atoms with E-state index in [0.717, 1.165) is 0 Å². The summed E-state index contributed by atoms with van der Waals surface area (Å²) in [5.74, 6) is -2.67. The van der Waals surface area contributed by atoms with Crippen molar-refractivity contribution in [3.05, 3.63) is 42.2 Å². The fraction of sp³-hybridized carbons (Fsp3) is 0.389. The van der Waals surface area contributed by atoms with Gasteiger partial charge in [-0.2, -0.15) is 5.10 Å².